The van der Waals surface area contributed by atoms with Crippen LogP contribution in [0.3, 0.4) is 0 Å². The van der Waals surface area contributed by atoms with Crippen molar-refractivity contribution >= 4 is 5.95 Å². The first-order valence-corrected chi connectivity index (χ1v) is 9.62. The summed E-state index contributed by atoms with van der Waals surface area (Å²) < 4.78 is 0. The highest BCUT2D eigenvalue weighted by Gasteiger charge is 2.24. The van der Waals surface area contributed by atoms with E-state index in [2.05, 4.69) is 49.4 Å². The van der Waals surface area contributed by atoms with E-state index in [4.69, 9.17) is 0 Å². The van der Waals surface area contributed by atoms with E-state index < -0.39 is 0 Å². The molecule has 0 amide bonds. The van der Waals surface area contributed by atoms with E-state index in [1.54, 1.807) is 0 Å². The number of benzene rings is 1. The van der Waals surface area contributed by atoms with Gasteiger partial charge in [-0.1, -0.05) is 42.8 Å². The van der Waals surface area contributed by atoms with Crippen LogP contribution in [-0.4, -0.2) is 26.4 Å². The molecule has 0 spiro atoms. The molecule has 138 valence electrons. The largest absolute Gasteiger partial charge is 0.350 e. The maximum Gasteiger partial charge on any atom is 0.222 e. The topological polar surface area (TPSA) is 53.9 Å². The minimum Gasteiger partial charge on any atom is -0.350 e. The van der Waals surface area contributed by atoms with Gasteiger partial charge in [-0.3, -0.25) is 9.88 Å². The molecule has 1 fully saturated rings. The molecule has 0 aliphatic carbocycles. The molecule has 0 unspecified atom stereocenters. The van der Waals surface area contributed by atoms with Crippen molar-refractivity contribution < 1.29 is 0 Å². The lowest BCUT2D eigenvalue weighted by molar-refractivity contribution is 0.137. The van der Waals surface area contributed by atoms with Gasteiger partial charge in [0, 0.05) is 37.2 Å². The molecular formula is C22H25N5. The van der Waals surface area contributed by atoms with Crippen molar-refractivity contribution in [1.29, 1.82) is 0 Å². The third-order valence-corrected chi connectivity index (χ3v) is 5.03. The van der Waals surface area contributed by atoms with Crippen molar-refractivity contribution in [3.63, 3.8) is 0 Å². The van der Waals surface area contributed by atoms with Crippen molar-refractivity contribution in [2.45, 2.75) is 38.4 Å². The van der Waals surface area contributed by atoms with Crippen LogP contribution in [0.5, 0.6) is 0 Å². The SMILES string of the molecule is c1ccc(CNc2ncc(CN3CCCC[C@@H]3c3ccccn3)cn2)cc1. The van der Waals surface area contributed by atoms with Gasteiger partial charge in [0.05, 0.1) is 11.7 Å². The molecule has 1 aromatic carbocycles. The number of pyridine rings is 1. The predicted molar refractivity (Wildman–Crippen MR) is 107 cm³/mol. The van der Waals surface area contributed by atoms with E-state index in [1.807, 2.05) is 42.9 Å². The molecule has 5 nitrogen and oxygen atoms in total. The van der Waals surface area contributed by atoms with E-state index in [0.717, 1.165) is 31.6 Å². The van der Waals surface area contributed by atoms with Gasteiger partial charge in [-0.2, -0.15) is 0 Å². The van der Waals surface area contributed by atoms with Crippen LogP contribution in [-0.2, 0) is 13.1 Å². The van der Waals surface area contributed by atoms with Gasteiger partial charge in [-0.25, -0.2) is 9.97 Å². The standard InChI is InChI=1S/C22H25N5/c1-2-8-18(9-3-1)14-24-22-25-15-19(16-26-22)17-27-13-7-5-11-21(27)20-10-4-6-12-23-20/h1-4,6,8-10,12,15-16,21H,5,7,11,13-14,17H2,(H,24,25,26)/t21-/m1/s1. The summed E-state index contributed by atoms with van der Waals surface area (Å²) in [5.41, 5.74) is 3.53. The number of piperidine rings is 1. The number of likely N-dealkylation sites (tertiary alicyclic amines) is 1. The molecule has 1 saturated heterocycles. The lowest BCUT2D eigenvalue weighted by atomic mass is 9.98. The summed E-state index contributed by atoms with van der Waals surface area (Å²) in [5, 5.41) is 3.28. The molecular weight excluding hydrogens is 334 g/mol. The number of anilines is 1. The summed E-state index contributed by atoms with van der Waals surface area (Å²) in [4.78, 5) is 16.1. The summed E-state index contributed by atoms with van der Waals surface area (Å²) in [6, 6.07) is 16.9. The van der Waals surface area contributed by atoms with Crippen molar-refractivity contribution in [1.82, 2.24) is 19.9 Å². The third kappa shape index (κ3) is 4.68. The highest BCUT2D eigenvalue weighted by atomic mass is 15.2. The molecule has 27 heavy (non-hydrogen) atoms. The first kappa shape index (κ1) is 17.6. The molecule has 1 atom stereocenters. The summed E-state index contributed by atoms with van der Waals surface area (Å²) in [7, 11) is 0. The highest BCUT2D eigenvalue weighted by molar-refractivity contribution is 5.28. The van der Waals surface area contributed by atoms with Gasteiger partial charge in [-0.15, -0.1) is 0 Å². The van der Waals surface area contributed by atoms with Gasteiger partial charge in [-0.05, 0) is 37.1 Å². The minimum atomic E-state index is 0.385. The number of aromatic nitrogens is 3. The fourth-order valence-electron chi connectivity index (χ4n) is 3.63. The molecule has 1 aliphatic rings. The van der Waals surface area contributed by atoms with Crippen molar-refractivity contribution in [3.8, 4) is 0 Å². The molecule has 1 aliphatic heterocycles. The summed E-state index contributed by atoms with van der Waals surface area (Å²) in [5.74, 6) is 0.669. The fraction of sp³-hybridized carbons (Fsp3) is 0.318. The number of hydrogen-bond donors (Lipinski definition) is 1. The number of rotatable bonds is 6. The lowest BCUT2D eigenvalue weighted by Gasteiger charge is -2.35. The Morgan fingerprint density at radius 2 is 1.70 bits per heavy atom. The normalized spacial score (nSPS) is 17.6. The number of nitrogens with zero attached hydrogens (tertiary/aromatic N) is 4. The van der Waals surface area contributed by atoms with Crippen LogP contribution in [0.2, 0.25) is 0 Å². The van der Waals surface area contributed by atoms with Crippen LogP contribution in [0.25, 0.3) is 0 Å². The molecule has 0 radical (unpaired) electrons. The quantitative estimate of drug-likeness (QED) is 0.714. The van der Waals surface area contributed by atoms with E-state index in [9.17, 15) is 0 Å². The molecule has 4 rings (SSSR count). The van der Waals surface area contributed by atoms with E-state index in [1.165, 1.54) is 24.1 Å². The Bertz CT molecular complexity index is 820. The Morgan fingerprint density at radius 3 is 2.48 bits per heavy atom. The molecule has 5 heteroatoms. The van der Waals surface area contributed by atoms with Crippen molar-refractivity contribution in [3.05, 3.63) is 83.9 Å². The molecule has 0 saturated carbocycles. The van der Waals surface area contributed by atoms with Crippen LogP contribution in [0.15, 0.2) is 67.1 Å². The predicted octanol–water partition coefficient (Wildman–Crippen LogP) is 4.21. The van der Waals surface area contributed by atoms with Crippen LogP contribution in [0, 0.1) is 0 Å². The first-order valence-electron chi connectivity index (χ1n) is 9.62. The van der Waals surface area contributed by atoms with Gasteiger partial charge in [0.15, 0.2) is 0 Å². The van der Waals surface area contributed by atoms with E-state index in [0.29, 0.717) is 12.0 Å². The first-order chi connectivity index (χ1) is 13.4. The summed E-state index contributed by atoms with van der Waals surface area (Å²) in [6.45, 7) is 2.68. The third-order valence-electron chi connectivity index (χ3n) is 5.03. The molecule has 2 aromatic heterocycles. The van der Waals surface area contributed by atoms with Crippen LogP contribution < -0.4 is 5.32 Å². The second-order valence-corrected chi connectivity index (χ2v) is 6.99. The lowest BCUT2D eigenvalue weighted by Crippen LogP contribution is -2.33. The van der Waals surface area contributed by atoms with Gasteiger partial charge in [0.1, 0.15) is 0 Å². The second-order valence-electron chi connectivity index (χ2n) is 6.99. The second kappa shape index (κ2) is 8.73. The van der Waals surface area contributed by atoms with Crippen molar-refractivity contribution in [2.24, 2.45) is 0 Å². The number of hydrogen-bond acceptors (Lipinski definition) is 5. The maximum atomic E-state index is 4.58. The Labute approximate surface area is 160 Å². The zero-order valence-electron chi connectivity index (χ0n) is 15.5. The minimum absolute atomic E-state index is 0.385. The number of nitrogens with one attached hydrogen (secondary N) is 1. The Hall–Kier alpha value is -2.79. The van der Waals surface area contributed by atoms with Gasteiger partial charge in [0.2, 0.25) is 5.95 Å². The zero-order chi connectivity index (χ0) is 18.3. The molecule has 0 bridgehead atoms. The molecule has 3 aromatic rings. The smallest absolute Gasteiger partial charge is 0.222 e. The fourth-order valence-corrected chi connectivity index (χ4v) is 3.63. The monoisotopic (exact) mass is 359 g/mol. The van der Waals surface area contributed by atoms with Gasteiger partial charge < -0.3 is 5.32 Å². The van der Waals surface area contributed by atoms with Crippen LogP contribution in [0.4, 0.5) is 5.95 Å². The average Bonchev–Trinajstić information content (AvgIpc) is 2.75. The maximum absolute atomic E-state index is 4.58. The highest BCUT2D eigenvalue weighted by Crippen LogP contribution is 2.30. The summed E-state index contributed by atoms with van der Waals surface area (Å²) in [6.07, 6.45) is 9.42. The summed E-state index contributed by atoms with van der Waals surface area (Å²) >= 11 is 0. The Morgan fingerprint density at radius 1 is 0.889 bits per heavy atom. The molecule has 3 heterocycles. The van der Waals surface area contributed by atoms with Gasteiger partial charge in [0.25, 0.3) is 0 Å². The Balaban J connectivity index is 1.38. The van der Waals surface area contributed by atoms with E-state index >= 15 is 0 Å². The van der Waals surface area contributed by atoms with Crippen LogP contribution in [0.1, 0.15) is 42.1 Å². The molecule has 1 N–H and O–H groups in total. The average molecular weight is 359 g/mol. The Kier molecular flexibility index (Phi) is 5.70. The van der Waals surface area contributed by atoms with Gasteiger partial charge >= 0.3 is 0 Å². The van der Waals surface area contributed by atoms with Crippen LogP contribution >= 0.6 is 0 Å². The zero-order valence-corrected chi connectivity index (χ0v) is 15.5. The van der Waals surface area contributed by atoms with Crippen molar-refractivity contribution in [2.75, 3.05) is 11.9 Å². The van der Waals surface area contributed by atoms with E-state index in [-0.39, 0.29) is 0 Å².